The van der Waals surface area contributed by atoms with Gasteiger partial charge in [-0.3, -0.25) is 9.36 Å². The summed E-state index contributed by atoms with van der Waals surface area (Å²) in [6.45, 7) is 0. The molecule has 0 aliphatic heterocycles. The van der Waals surface area contributed by atoms with E-state index in [1.807, 2.05) is 0 Å². The number of hydrogen-bond acceptors (Lipinski definition) is 6. The summed E-state index contributed by atoms with van der Waals surface area (Å²) < 4.78 is 42.3. The minimum Gasteiger partial charge on any atom is -0.477 e. The number of fused-ring (bicyclic) bond motifs is 1. The number of nitrogens with two attached hydrogens (primary N) is 2. The van der Waals surface area contributed by atoms with E-state index in [4.69, 9.17) is 11.5 Å². The molecule has 5 N–H and O–H groups in total. The van der Waals surface area contributed by atoms with Gasteiger partial charge < -0.3 is 21.3 Å². The average Bonchev–Trinajstić information content (AvgIpc) is 2.54. The minimum absolute atomic E-state index is 0.0540. The lowest BCUT2D eigenvalue weighted by molar-refractivity contribution is -0.274. The molecule has 0 aliphatic carbocycles. The molecule has 0 aliphatic rings. The highest BCUT2D eigenvalue weighted by Crippen LogP contribution is 2.30. The molecule has 0 amide bonds. The van der Waals surface area contributed by atoms with Crippen LogP contribution < -0.4 is 21.8 Å². The fourth-order valence-corrected chi connectivity index (χ4v) is 2.59. The molecule has 140 valence electrons. The molecule has 0 radical (unpaired) electrons. The molecule has 8 nitrogen and oxygen atoms in total. The van der Waals surface area contributed by atoms with Gasteiger partial charge in [0.1, 0.15) is 17.1 Å². The monoisotopic (exact) mass is 380 g/mol. The highest BCUT2D eigenvalue weighted by atomic mass is 19.4. The Hall–Kier alpha value is -3.76. The van der Waals surface area contributed by atoms with Crippen LogP contribution in [-0.2, 0) is 0 Å². The van der Waals surface area contributed by atoms with Crippen LogP contribution in [0.15, 0.2) is 41.3 Å². The Kier molecular flexibility index (Phi) is 4.14. The lowest BCUT2D eigenvalue weighted by atomic mass is 10.1. The van der Waals surface area contributed by atoms with Gasteiger partial charge in [-0.25, -0.2) is 9.78 Å². The predicted octanol–water partition coefficient (Wildman–Crippen LogP) is 2.15. The number of anilines is 2. The zero-order valence-corrected chi connectivity index (χ0v) is 13.3. The van der Waals surface area contributed by atoms with Gasteiger partial charge >= 0.3 is 12.3 Å². The molecule has 0 fully saturated rings. The molecule has 0 atom stereocenters. The number of alkyl halides is 3. The van der Waals surface area contributed by atoms with Gasteiger partial charge in [0.15, 0.2) is 0 Å². The van der Waals surface area contributed by atoms with Gasteiger partial charge in [-0.2, -0.15) is 0 Å². The highest BCUT2D eigenvalue weighted by molar-refractivity contribution is 6.04. The molecule has 0 saturated heterocycles. The number of carboxylic acids is 1. The maximum Gasteiger partial charge on any atom is 0.573 e. The Morgan fingerprint density at radius 2 is 1.89 bits per heavy atom. The first kappa shape index (κ1) is 18.0. The molecule has 0 spiro atoms. The lowest BCUT2D eigenvalue weighted by Gasteiger charge is -2.16. The van der Waals surface area contributed by atoms with Gasteiger partial charge in [0.2, 0.25) is 0 Å². The number of pyridine rings is 2. The van der Waals surface area contributed by atoms with Crippen LogP contribution in [0.3, 0.4) is 0 Å². The maximum absolute atomic E-state index is 12.7. The van der Waals surface area contributed by atoms with Crippen molar-refractivity contribution in [2.24, 2.45) is 0 Å². The zero-order chi connectivity index (χ0) is 19.9. The van der Waals surface area contributed by atoms with Crippen LogP contribution >= 0.6 is 0 Å². The molecule has 2 aromatic heterocycles. The molecule has 11 heteroatoms. The van der Waals surface area contributed by atoms with E-state index >= 15 is 0 Å². The van der Waals surface area contributed by atoms with Crippen molar-refractivity contribution in [1.29, 1.82) is 0 Å². The van der Waals surface area contributed by atoms with E-state index in [2.05, 4.69) is 9.72 Å². The summed E-state index contributed by atoms with van der Waals surface area (Å²) in [4.78, 5) is 28.0. The number of carboxylic acid groups (broad SMARTS) is 1. The van der Waals surface area contributed by atoms with Gasteiger partial charge in [0, 0.05) is 11.5 Å². The number of nitrogens with zero attached hydrogens (tertiary/aromatic N) is 2. The first-order valence-electron chi connectivity index (χ1n) is 7.27. The van der Waals surface area contributed by atoms with E-state index < -0.39 is 29.2 Å². The van der Waals surface area contributed by atoms with Crippen LogP contribution in [0.1, 0.15) is 10.4 Å². The predicted molar refractivity (Wildman–Crippen MR) is 89.8 cm³/mol. The number of aromatic nitrogens is 2. The highest BCUT2D eigenvalue weighted by Gasteiger charge is 2.31. The van der Waals surface area contributed by atoms with Crippen molar-refractivity contribution in [3.63, 3.8) is 0 Å². The van der Waals surface area contributed by atoms with Crippen molar-refractivity contribution >= 4 is 28.4 Å². The molecular formula is C16H11F3N4O4. The number of rotatable bonds is 3. The Bertz CT molecular complexity index is 1110. The number of carbonyl (C=O) groups is 1. The molecule has 0 unspecified atom stereocenters. The molecule has 1 aromatic carbocycles. The number of halogens is 3. The third kappa shape index (κ3) is 3.34. The van der Waals surface area contributed by atoms with Crippen LogP contribution in [0, 0.1) is 0 Å². The van der Waals surface area contributed by atoms with Gasteiger partial charge in [-0.1, -0.05) is 0 Å². The quantitative estimate of drug-likeness (QED) is 0.634. The Balaban J connectivity index is 2.41. The van der Waals surface area contributed by atoms with Crippen molar-refractivity contribution in [3.8, 4) is 11.4 Å². The molecule has 0 saturated carbocycles. The summed E-state index contributed by atoms with van der Waals surface area (Å²) in [5.74, 6) is -2.05. The van der Waals surface area contributed by atoms with Crippen LogP contribution in [0.2, 0.25) is 0 Å². The van der Waals surface area contributed by atoms with Crippen LogP contribution in [0.5, 0.6) is 5.75 Å². The topological polar surface area (TPSA) is 133 Å². The minimum atomic E-state index is -4.95. The fourth-order valence-electron chi connectivity index (χ4n) is 2.59. The Morgan fingerprint density at radius 3 is 2.44 bits per heavy atom. The third-order valence-electron chi connectivity index (χ3n) is 3.66. The third-order valence-corrected chi connectivity index (χ3v) is 3.66. The second-order valence-corrected chi connectivity index (χ2v) is 5.40. The van der Waals surface area contributed by atoms with Crippen LogP contribution in [0.4, 0.5) is 24.7 Å². The number of nitrogen functional groups attached to an aromatic ring is 2. The molecule has 3 aromatic rings. The zero-order valence-electron chi connectivity index (χ0n) is 13.3. The normalized spacial score (nSPS) is 11.5. The van der Waals surface area contributed by atoms with E-state index in [0.29, 0.717) is 0 Å². The van der Waals surface area contributed by atoms with Crippen molar-refractivity contribution in [1.82, 2.24) is 9.55 Å². The number of benzene rings is 1. The lowest BCUT2D eigenvalue weighted by Crippen LogP contribution is -2.27. The number of aromatic carboxylic acids is 1. The molecule has 0 bridgehead atoms. The van der Waals surface area contributed by atoms with Gasteiger partial charge in [0.05, 0.1) is 23.1 Å². The van der Waals surface area contributed by atoms with Crippen LogP contribution in [0.25, 0.3) is 16.6 Å². The smallest absolute Gasteiger partial charge is 0.477 e. The molecular weight excluding hydrogens is 369 g/mol. The van der Waals surface area contributed by atoms with Gasteiger partial charge in [-0.05, 0) is 24.3 Å². The van der Waals surface area contributed by atoms with Crippen molar-refractivity contribution in [2.45, 2.75) is 6.36 Å². The summed E-state index contributed by atoms with van der Waals surface area (Å²) in [6.07, 6.45) is -3.77. The largest absolute Gasteiger partial charge is 0.573 e. The SMILES string of the molecule is Nc1ccc(-n2c(=O)c(C(=O)O)c(N)c3ccc(OC(F)(F)F)cc32)cn1. The van der Waals surface area contributed by atoms with E-state index in [1.165, 1.54) is 18.3 Å². The molecule has 2 heterocycles. The first-order valence-corrected chi connectivity index (χ1v) is 7.27. The van der Waals surface area contributed by atoms with Gasteiger partial charge in [-0.15, -0.1) is 13.2 Å². The number of ether oxygens (including phenoxy) is 1. The first-order chi connectivity index (χ1) is 12.6. The van der Waals surface area contributed by atoms with E-state index in [9.17, 15) is 27.9 Å². The van der Waals surface area contributed by atoms with E-state index in [0.717, 1.165) is 22.8 Å². The summed E-state index contributed by atoms with van der Waals surface area (Å²) in [5.41, 5.74) is 9.14. The summed E-state index contributed by atoms with van der Waals surface area (Å²) in [7, 11) is 0. The Morgan fingerprint density at radius 1 is 1.19 bits per heavy atom. The summed E-state index contributed by atoms with van der Waals surface area (Å²) in [5, 5.41) is 9.38. The summed E-state index contributed by atoms with van der Waals surface area (Å²) in [6, 6.07) is 5.75. The van der Waals surface area contributed by atoms with Crippen molar-refractivity contribution < 1.29 is 27.8 Å². The molecule has 3 rings (SSSR count). The molecule has 27 heavy (non-hydrogen) atoms. The van der Waals surface area contributed by atoms with E-state index in [-0.39, 0.29) is 28.1 Å². The fraction of sp³-hybridized carbons (Fsp3) is 0.0625. The van der Waals surface area contributed by atoms with Crippen molar-refractivity contribution in [2.75, 3.05) is 11.5 Å². The van der Waals surface area contributed by atoms with Crippen LogP contribution in [-0.4, -0.2) is 27.0 Å². The van der Waals surface area contributed by atoms with Gasteiger partial charge in [0.25, 0.3) is 5.56 Å². The van der Waals surface area contributed by atoms with Crippen molar-refractivity contribution in [3.05, 3.63) is 52.4 Å². The number of hydrogen-bond donors (Lipinski definition) is 3. The summed E-state index contributed by atoms with van der Waals surface area (Å²) >= 11 is 0. The maximum atomic E-state index is 12.7. The standard InChI is InChI=1S/C16H11F3N4O4/c17-16(18,19)27-8-2-3-9-10(5-8)23(7-1-4-11(20)22-6-7)14(24)12(13(9)21)15(25)26/h1-6H,21H2,(H2,20,22)(H,25,26). The van der Waals surface area contributed by atoms with E-state index in [1.54, 1.807) is 0 Å². The second kappa shape index (κ2) is 6.20. The second-order valence-electron chi connectivity index (χ2n) is 5.40. The average molecular weight is 380 g/mol. The Labute approximate surface area is 148 Å².